The lowest BCUT2D eigenvalue weighted by Crippen LogP contribution is -2.56. The first-order valence-corrected chi connectivity index (χ1v) is 38.3. The Hall–Kier alpha value is -11.0. The van der Waals surface area contributed by atoms with Crippen molar-refractivity contribution < 1.29 is 93.2 Å². The second-order valence-corrected chi connectivity index (χ2v) is 31.0. The van der Waals surface area contributed by atoms with Crippen LogP contribution in [0.2, 0.25) is 0 Å². The molecule has 0 fully saturated rings. The quantitative estimate of drug-likeness (QED) is 0.00881. The summed E-state index contributed by atoms with van der Waals surface area (Å²) in [6.45, 7) is -0.860. The number of ether oxygens (including phenoxy) is 8. The van der Waals surface area contributed by atoms with Crippen molar-refractivity contribution in [3.63, 3.8) is 0 Å². The molecule has 2 unspecified atom stereocenters. The molecule has 0 radical (unpaired) electrons. The third-order valence-electron chi connectivity index (χ3n) is 19.0. The van der Waals surface area contributed by atoms with E-state index in [0.29, 0.717) is 34.1 Å². The van der Waals surface area contributed by atoms with Crippen LogP contribution in [0.15, 0.2) is 195 Å². The van der Waals surface area contributed by atoms with Gasteiger partial charge in [-0.1, -0.05) is 72.8 Å². The molecule has 108 heavy (non-hydrogen) atoms. The molecule has 6 amide bonds. The highest BCUT2D eigenvalue weighted by atomic mass is 28.4. The zero-order chi connectivity index (χ0) is 75.6. The standard InChI is InChI=1S/C80H78N6O20Si2/c1-93-47-83(37-39-101-49-107(95-3,96-4)97-5)79(91)61(41-51-29-33-81-34-30-51)85-75(87)57-43-63(103-53-21-13-9-14-22-53)69-71-65(105-55-25-17-11-18-26-55)45-59-68-60(78(90)86(77(59)89)62(42-52-31-35-82-36-32-52)80(92)84(48-94-2)38-40-102-50-108(98-6,99-7)100-8)46-66(106-56-27-19-12-20-28-56)72(74(68)71)70-64(104-54-23-15-10-16-24-54)44-58(76(85)88)67(57)73(69)70/h9-36,43-46,61-62H,37-42,47-50H2,1-8H3. The molecule has 28 heteroatoms. The van der Waals surface area contributed by atoms with Crippen LogP contribution in [0.4, 0.5) is 0 Å². The minimum Gasteiger partial charge on any atom is -0.457 e. The predicted molar refractivity (Wildman–Crippen MR) is 401 cm³/mol. The maximum absolute atomic E-state index is 16.6. The predicted octanol–water partition coefficient (Wildman–Crippen LogP) is 11.8. The molecule has 2 atom stereocenters. The SMILES string of the molecule is COCN(CCOC[Si](OC)(OC)OC)C(=O)C(Cc1ccncc1)N1C(=O)c2cc(Oc3ccccc3)c3c4c(Oc5ccccc5)cc5c6c(cc(Oc7ccccc7)c(c7c(Oc8ccccc8)cc(c2c37)C1=O)c64)C(=O)N(C(Cc1ccncc1)C(=O)N(CCOC[Si](OC)(OC)OC)COC)C5=O. The molecule has 9 aromatic carbocycles. The van der Waals surface area contributed by atoms with Crippen LogP contribution in [-0.4, -0.2) is 204 Å². The number of carbonyl (C=O) groups excluding carboxylic acids is 6. The summed E-state index contributed by atoms with van der Waals surface area (Å²) in [6, 6.07) is 45.1. The molecule has 26 nitrogen and oxygen atoms in total. The van der Waals surface area contributed by atoms with E-state index >= 15 is 28.8 Å². The Morgan fingerprint density at radius 3 is 0.889 bits per heavy atom. The van der Waals surface area contributed by atoms with E-state index < -0.39 is 65.1 Å². The molecule has 0 spiro atoms. The lowest BCUT2D eigenvalue weighted by Gasteiger charge is -2.37. The van der Waals surface area contributed by atoms with Crippen LogP contribution in [-0.2, 0) is 67.9 Å². The average molecular weight is 1500 g/mol. The maximum Gasteiger partial charge on any atom is 0.527 e. The summed E-state index contributed by atoms with van der Waals surface area (Å²) in [5.74, 6) is -3.47. The van der Waals surface area contributed by atoms with E-state index in [-0.39, 0.29) is 153 Å². The third-order valence-corrected chi connectivity index (χ3v) is 23.9. The lowest BCUT2D eigenvalue weighted by atomic mass is 9.80. The number of methoxy groups -OCH3 is 2. The van der Waals surface area contributed by atoms with Crippen LogP contribution in [0.25, 0.3) is 43.1 Å². The molecule has 0 saturated carbocycles. The van der Waals surface area contributed by atoms with Crippen molar-refractivity contribution in [1.82, 2.24) is 29.6 Å². The van der Waals surface area contributed by atoms with Crippen molar-refractivity contribution in [3.05, 3.63) is 228 Å². The van der Waals surface area contributed by atoms with E-state index in [1.807, 2.05) is 24.3 Å². The van der Waals surface area contributed by atoms with Gasteiger partial charge in [0.1, 0.15) is 84.0 Å². The smallest absolute Gasteiger partial charge is 0.457 e. The minimum atomic E-state index is -3.25. The molecule has 2 aliphatic heterocycles. The fourth-order valence-electron chi connectivity index (χ4n) is 13.8. The fraction of sp³-hybridized carbons (Fsp3) is 0.250. The van der Waals surface area contributed by atoms with Crippen molar-refractivity contribution in [3.8, 4) is 46.0 Å². The Balaban J connectivity index is 1.09. The van der Waals surface area contributed by atoms with E-state index in [4.69, 9.17) is 64.5 Å². The lowest BCUT2D eigenvalue weighted by molar-refractivity contribution is -0.141. The number of hydrogen-bond acceptors (Lipinski definition) is 22. The highest BCUT2D eigenvalue weighted by molar-refractivity contribution is 6.60. The van der Waals surface area contributed by atoms with Crippen molar-refractivity contribution in [1.29, 1.82) is 0 Å². The summed E-state index contributed by atoms with van der Waals surface area (Å²) in [5, 5.41) is 1.65. The van der Waals surface area contributed by atoms with Gasteiger partial charge in [-0.15, -0.1) is 0 Å². The maximum atomic E-state index is 16.6. The van der Waals surface area contributed by atoms with Gasteiger partial charge in [-0.25, -0.2) is 0 Å². The topological polar surface area (TPSA) is 270 Å². The Morgan fingerprint density at radius 1 is 0.370 bits per heavy atom. The minimum absolute atomic E-state index is 0.0307. The number of rotatable bonds is 36. The zero-order valence-corrected chi connectivity index (χ0v) is 62.5. The molecule has 4 heterocycles. The van der Waals surface area contributed by atoms with Gasteiger partial charge in [0.05, 0.1) is 35.5 Å². The van der Waals surface area contributed by atoms with Gasteiger partial charge in [0.25, 0.3) is 23.6 Å². The number of nitrogens with zero attached hydrogens (tertiary/aromatic N) is 6. The van der Waals surface area contributed by atoms with Crippen LogP contribution in [0.3, 0.4) is 0 Å². The van der Waals surface area contributed by atoms with Crippen LogP contribution >= 0.6 is 0 Å². The molecule has 13 rings (SSSR count). The number of benzene rings is 9. The summed E-state index contributed by atoms with van der Waals surface area (Å²) >= 11 is 0. The highest BCUT2D eigenvalue weighted by Crippen LogP contribution is 2.58. The Morgan fingerprint density at radius 2 is 0.639 bits per heavy atom. The monoisotopic (exact) mass is 1500 g/mol. The first kappa shape index (κ1) is 75.3. The van der Waals surface area contributed by atoms with Crippen LogP contribution in [0.5, 0.6) is 46.0 Å². The summed E-state index contributed by atoms with van der Waals surface area (Å²) < 4.78 is 85.6. The van der Waals surface area contributed by atoms with Crippen LogP contribution in [0.1, 0.15) is 52.6 Å². The van der Waals surface area contributed by atoms with E-state index in [2.05, 4.69) is 9.97 Å². The molecular weight excluding hydrogens is 1420 g/mol. The Labute approximate surface area is 623 Å². The normalized spacial score (nSPS) is 13.6. The summed E-state index contributed by atoms with van der Waals surface area (Å²) in [7, 11) is 5.05. The molecule has 0 aliphatic carbocycles. The summed E-state index contributed by atoms with van der Waals surface area (Å²) in [4.78, 5) is 111. The van der Waals surface area contributed by atoms with Crippen molar-refractivity contribution in [2.75, 3.05) is 109 Å². The molecular formula is C80H78N6O20Si2. The molecule has 2 aliphatic rings. The number of hydrogen-bond donors (Lipinski definition) is 0. The highest BCUT2D eigenvalue weighted by Gasteiger charge is 2.48. The number of carbonyl (C=O) groups is 6. The van der Waals surface area contributed by atoms with Gasteiger partial charge in [-0.05, 0) is 108 Å². The van der Waals surface area contributed by atoms with Gasteiger partial charge in [-0.3, -0.25) is 48.5 Å². The summed E-state index contributed by atoms with van der Waals surface area (Å²) in [5.41, 5.74) is 0.886. The first-order valence-electron chi connectivity index (χ1n) is 34.5. The fourth-order valence-corrected chi connectivity index (χ4v) is 16.3. The second kappa shape index (κ2) is 33.4. The number of pyridine rings is 2. The number of amides is 6. The van der Waals surface area contributed by atoms with Gasteiger partial charge in [0.15, 0.2) is 0 Å². The molecule has 556 valence electrons. The Kier molecular flexibility index (Phi) is 23.3. The van der Waals surface area contributed by atoms with Crippen molar-refractivity contribution in [2.45, 2.75) is 24.9 Å². The zero-order valence-electron chi connectivity index (χ0n) is 60.5. The molecule has 11 aromatic rings. The largest absolute Gasteiger partial charge is 0.527 e. The van der Waals surface area contributed by atoms with Gasteiger partial charge in [0, 0.05) is 151 Å². The van der Waals surface area contributed by atoms with E-state index in [1.165, 1.54) is 90.9 Å². The number of aromatic nitrogens is 2. The van der Waals surface area contributed by atoms with Gasteiger partial charge in [-0.2, -0.15) is 0 Å². The van der Waals surface area contributed by atoms with Crippen LogP contribution in [0, 0.1) is 0 Å². The number of fused-ring (bicyclic) bond motifs is 2. The first-order chi connectivity index (χ1) is 52.6. The molecule has 0 N–H and O–H groups in total. The molecule has 2 aromatic heterocycles. The number of imide groups is 2. The molecule has 0 bridgehead atoms. The Bertz CT molecular complexity index is 4530. The van der Waals surface area contributed by atoms with Gasteiger partial charge < -0.3 is 74.3 Å². The third kappa shape index (κ3) is 15.0. The van der Waals surface area contributed by atoms with Gasteiger partial charge in [0.2, 0.25) is 11.8 Å². The number of para-hydroxylation sites is 4. The van der Waals surface area contributed by atoms with Crippen molar-refractivity contribution >= 4 is 96.1 Å². The average Bonchev–Trinajstić information content (AvgIpc) is 0.670. The van der Waals surface area contributed by atoms with Gasteiger partial charge >= 0.3 is 17.6 Å². The van der Waals surface area contributed by atoms with Crippen LogP contribution < -0.4 is 18.9 Å². The van der Waals surface area contributed by atoms with E-state index in [9.17, 15) is 0 Å². The van der Waals surface area contributed by atoms with E-state index in [1.54, 1.807) is 146 Å². The van der Waals surface area contributed by atoms with Crippen molar-refractivity contribution in [2.24, 2.45) is 0 Å². The second-order valence-electron chi connectivity index (χ2n) is 25.2. The molecule has 0 saturated heterocycles. The van der Waals surface area contributed by atoms with E-state index in [0.717, 1.165) is 9.80 Å². The summed E-state index contributed by atoms with van der Waals surface area (Å²) in [6.07, 6.45) is 5.70.